The zero-order chi connectivity index (χ0) is 15.7. The van der Waals surface area contributed by atoms with Crippen LogP contribution in [0.15, 0.2) is 18.2 Å². The molecule has 0 bridgehead atoms. The first-order valence-electron chi connectivity index (χ1n) is 7.93. The normalized spacial score (nSPS) is 24.4. The summed E-state index contributed by atoms with van der Waals surface area (Å²) in [4.78, 5) is 24.6. The van der Waals surface area contributed by atoms with Gasteiger partial charge in [0.15, 0.2) is 11.9 Å². The summed E-state index contributed by atoms with van der Waals surface area (Å²) in [5, 5.41) is 6.12. The van der Waals surface area contributed by atoms with Crippen LogP contribution < -0.4 is 15.4 Å². The molecule has 0 aliphatic carbocycles. The Morgan fingerprint density at radius 1 is 1.36 bits per heavy atom. The van der Waals surface area contributed by atoms with Crippen molar-refractivity contribution < 1.29 is 14.3 Å². The fraction of sp³-hybridized carbons (Fsp3) is 0.529. The maximum atomic E-state index is 12.5. The van der Waals surface area contributed by atoms with E-state index in [9.17, 15) is 9.59 Å². The van der Waals surface area contributed by atoms with E-state index in [0.29, 0.717) is 17.0 Å². The molecule has 3 rings (SSSR count). The van der Waals surface area contributed by atoms with E-state index in [-0.39, 0.29) is 23.5 Å². The van der Waals surface area contributed by atoms with Crippen LogP contribution in [0.1, 0.15) is 37.0 Å². The second kappa shape index (κ2) is 6.08. The lowest BCUT2D eigenvalue weighted by Gasteiger charge is -2.28. The summed E-state index contributed by atoms with van der Waals surface area (Å²) >= 11 is 0. The SMILES string of the molecule is CC(C)C1Oc2ccc(C(=O)C3CCCNC3)cc2NC1=O. The third-order valence-corrected chi connectivity index (χ3v) is 4.31. The number of amides is 1. The molecular weight excluding hydrogens is 280 g/mol. The zero-order valence-electron chi connectivity index (χ0n) is 13.0. The van der Waals surface area contributed by atoms with Crippen molar-refractivity contribution in [3.63, 3.8) is 0 Å². The number of anilines is 1. The van der Waals surface area contributed by atoms with Crippen molar-refractivity contribution in [2.45, 2.75) is 32.8 Å². The van der Waals surface area contributed by atoms with Gasteiger partial charge in [-0.2, -0.15) is 0 Å². The van der Waals surface area contributed by atoms with Gasteiger partial charge < -0.3 is 15.4 Å². The van der Waals surface area contributed by atoms with Crippen molar-refractivity contribution in [3.05, 3.63) is 23.8 Å². The average molecular weight is 302 g/mol. The highest BCUT2D eigenvalue weighted by atomic mass is 16.5. The van der Waals surface area contributed by atoms with Crippen molar-refractivity contribution in [1.82, 2.24) is 5.32 Å². The van der Waals surface area contributed by atoms with Gasteiger partial charge in [0.1, 0.15) is 5.75 Å². The number of fused-ring (bicyclic) bond motifs is 1. The number of nitrogens with one attached hydrogen (secondary N) is 2. The largest absolute Gasteiger partial charge is 0.478 e. The number of rotatable bonds is 3. The van der Waals surface area contributed by atoms with Crippen LogP contribution in [-0.2, 0) is 4.79 Å². The summed E-state index contributed by atoms with van der Waals surface area (Å²) in [7, 11) is 0. The molecule has 0 aromatic heterocycles. The quantitative estimate of drug-likeness (QED) is 0.840. The molecule has 2 heterocycles. The Bertz CT molecular complexity index is 592. The maximum absolute atomic E-state index is 12.5. The van der Waals surface area contributed by atoms with Crippen molar-refractivity contribution in [2.24, 2.45) is 11.8 Å². The number of carbonyl (C=O) groups excluding carboxylic acids is 2. The van der Waals surface area contributed by atoms with Crippen LogP contribution in [0, 0.1) is 11.8 Å². The fourth-order valence-electron chi connectivity index (χ4n) is 3.03. The van der Waals surface area contributed by atoms with Gasteiger partial charge in [-0.25, -0.2) is 0 Å². The molecule has 5 heteroatoms. The molecule has 2 aliphatic rings. The number of piperidine rings is 1. The third kappa shape index (κ3) is 2.86. The van der Waals surface area contributed by atoms with E-state index in [1.807, 2.05) is 13.8 Å². The molecule has 2 aliphatic heterocycles. The van der Waals surface area contributed by atoms with Crippen LogP contribution in [0.3, 0.4) is 0 Å². The maximum Gasteiger partial charge on any atom is 0.265 e. The molecule has 5 nitrogen and oxygen atoms in total. The van der Waals surface area contributed by atoms with Gasteiger partial charge in [0.05, 0.1) is 5.69 Å². The van der Waals surface area contributed by atoms with Crippen LogP contribution in [0.2, 0.25) is 0 Å². The van der Waals surface area contributed by atoms with Gasteiger partial charge in [-0.1, -0.05) is 13.8 Å². The molecular formula is C17H22N2O3. The predicted molar refractivity (Wildman–Crippen MR) is 84.2 cm³/mol. The molecule has 2 unspecified atom stereocenters. The molecule has 22 heavy (non-hydrogen) atoms. The predicted octanol–water partition coefficient (Wildman–Crippen LogP) is 2.22. The van der Waals surface area contributed by atoms with Gasteiger partial charge in [0, 0.05) is 18.0 Å². The van der Waals surface area contributed by atoms with Crippen molar-refractivity contribution >= 4 is 17.4 Å². The van der Waals surface area contributed by atoms with Gasteiger partial charge in [-0.15, -0.1) is 0 Å². The second-order valence-electron chi connectivity index (χ2n) is 6.39. The minimum atomic E-state index is -0.475. The lowest BCUT2D eigenvalue weighted by atomic mass is 9.90. The summed E-state index contributed by atoms with van der Waals surface area (Å²) in [5.74, 6) is 0.747. The Labute approximate surface area is 130 Å². The molecule has 1 amide bonds. The number of ketones is 1. The highest BCUT2D eigenvalue weighted by molar-refractivity contribution is 6.02. The lowest BCUT2D eigenvalue weighted by Crippen LogP contribution is -2.40. The topological polar surface area (TPSA) is 67.4 Å². The highest BCUT2D eigenvalue weighted by Crippen LogP contribution is 2.33. The Hall–Kier alpha value is -1.88. The van der Waals surface area contributed by atoms with E-state index in [1.54, 1.807) is 18.2 Å². The average Bonchev–Trinajstić information content (AvgIpc) is 2.53. The monoisotopic (exact) mass is 302 g/mol. The Kier molecular flexibility index (Phi) is 4.16. The summed E-state index contributed by atoms with van der Waals surface area (Å²) in [6.45, 7) is 5.61. The molecule has 1 fully saturated rings. The van der Waals surface area contributed by atoms with Crippen LogP contribution in [0.5, 0.6) is 5.75 Å². The van der Waals surface area contributed by atoms with E-state index >= 15 is 0 Å². The van der Waals surface area contributed by atoms with Crippen molar-refractivity contribution in [3.8, 4) is 5.75 Å². The summed E-state index contributed by atoms with van der Waals surface area (Å²) in [6, 6.07) is 5.32. The smallest absolute Gasteiger partial charge is 0.265 e. The number of hydrogen-bond donors (Lipinski definition) is 2. The molecule has 2 N–H and O–H groups in total. The zero-order valence-corrected chi connectivity index (χ0v) is 13.0. The number of carbonyl (C=O) groups is 2. The molecule has 118 valence electrons. The van der Waals surface area contributed by atoms with Crippen LogP contribution >= 0.6 is 0 Å². The molecule has 1 aromatic carbocycles. The Morgan fingerprint density at radius 2 is 2.18 bits per heavy atom. The number of ether oxygens (including phenoxy) is 1. The van der Waals surface area contributed by atoms with Gasteiger partial charge in [0.25, 0.3) is 5.91 Å². The Balaban J connectivity index is 1.81. The Morgan fingerprint density at radius 3 is 2.86 bits per heavy atom. The molecule has 0 spiro atoms. The highest BCUT2D eigenvalue weighted by Gasteiger charge is 2.31. The van der Waals surface area contributed by atoms with Crippen LogP contribution in [0.25, 0.3) is 0 Å². The molecule has 1 saturated heterocycles. The van der Waals surface area contributed by atoms with E-state index in [0.717, 1.165) is 25.9 Å². The fourth-order valence-corrected chi connectivity index (χ4v) is 3.03. The standard InChI is InChI=1S/C17H22N2O3/c1-10(2)16-17(21)19-13-8-11(5-6-14(13)22-16)15(20)12-4-3-7-18-9-12/h5-6,8,10,12,16,18H,3-4,7,9H2,1-2H3,(H,19,21). The van der Waals surface area contributed by atoms with E-state index in [2.05, 4.69) is 10.6 Å². The van der Waals surface area contributed by atoms with Crippen molar-refractivity contribution in [2.75, 3.05) is 18.4 Å². The van der Waals surface area contributed by atoms with Crippen LogP contribution in [0.4, 0.5) is 5.69 Å². The number of benzene rings is 1. The van der Waals surface area contributed by atoms with Crippen molar-refractivity contribution in [1.29, 1.82) is 0 Å². The van der Waals surface area contributed by atoms with Gasteiger partial charge in [0.2, 0.25) is 0 Å². The van der Waals surface area contributed by atoms with Gasteiger partial charge >= 0.3 is 0 Å². The first-order chi connectivity index (χ1) is 10.6. The first kappa shape index (κ1) is 15.0. The van der Waals surface area contributed by atoms with Crippen LogP contribution in [-0.4, -0.2) is 30.9 Å². The number of hydrogen-bond acceptors (Lipinski definition) is 4. The van der Waals surface area contributed by atoms with E-state index < -0.39 is 6.10 Å². The summed E-state index contributed by atoms with van der Waals surface area (Å²) in [6.07, 6.45) is 1.47. The molecule has 0 saturated carbocycles. The number of Topliss-reactive ketones (excluding diaryl/α,β-unsaturated/α-hetero) is 1. The first-order valence-corrected chi connectivity index (χ1v) is 7.93. The minimum absolute atomic E-state index is 0.0235. The van der Waals surface area contributed by atoms with Gasteiger partial charge in [-0.05, 0) is 43.5 Å². The van der Waals surface area contributed by atoms with E-state index in [4.69, 9.17) is 4.74 Å². The second-order valence-corrected chi connectivity index (χ2v) is 6.39. The third-order valence-electron chi connectivity index (χ3n) is 4.31. The molecule has 0 radical (unpaired) electrons. The summed E-state index contributed by atoms with van der Waals surface area (Å²) < 4.78 is 5.75. The van der Waals surface area contributed by atoms with Gasteiger partial charge in [-0.3, -0.25) is 9.59 Å². The minimum Gasteiger partial charge on any atom is -0.478 e. The lowest BCUT2D eigenvalue weighted by molar-refractivity contribution is -0.125. The van der Waals surface area contributed by atoms with E-state index in [1.165, 1.54) is 0 Å². The summed E-state index contributed by atoms with van der Waals surface area (Å²) in [5.41, 5.74) is 1.23. The molecule has 2 atom stereocenters. The molecule has 1 aromatic rings.